The summed E-state index contributed by atoms with van der Waals surface area (Å²) in [7, 11) is 1.91. The Balaban J connectivity index is 1.36. The van der Waals surface area contributed by atoms with Crippen LogP contribution in [0.25, 0.3) is 0 Å². The highest BCUT2D eigenvalue weighted by molar-refractivity contribution is 7.98. The molecule has 0 bridgehead atoms. The summed E-state index contributed by atoms with van der Waals surface area (Å²) in [5.74, 6) is -0.114. The van der Waals surface area contributed by atoms with Crippen LogP contribution in [0, 0.1) is 5.92 Å². The number of amides is 2. The molecule has 5 nitrogen and oxygen atoms in total. The minimum Gasteiger partial charge on any atom is -0.371 e. The molecule has 30 heavy (non-hydrogen) atoms. The van der Waals surface area contributed by atoms with Gasteiger partial charge in [-0.05, 0) is 49.4 Å². The van der Waals surface area contributed by atoms with Crippen LogP contribution in [0.1, 0.15) is 19.3 Å². The molecular formula is C24H29N3O2S. The zero-order chi connectivity index (χ0) is 21.1. The summed E-state index contributed by atoms with van der Waals surface area (Å²) in [6, 6.07) is 18.7. The SMILES string of the molecule is CSc1cccc(N2CC(C(=O)N(C)C3CCN(c4ccccc4)CC3)CC2=O)c1. The number of carbonyl (C=O) groups excluding carboxylic acids is 2. The second-order valence-electron chi connectivity index (χ2n) is 8.11. The molecule has 2 saturated heterocycles. The summed E-state index contributed by atoms with van der Waals surface area (Å²) in [5.41, 5.74) is 2.13. The van der Waals surface area contributed by atoms with Gasteiger partial charge in [0.15, 0.2) is 0 Å². The van der Waals surface area contributed by atoms with E-state index in [0.29, 0.717) is 13.0 Å². The molecule has 0 N–H and O–H groups in total. The summed E-state index contributed by atoms with van der Waals surface area (Å²) in [6.45, 7) is 2.37. The van der Waals surface area contributed by atoms with E-state index in [9.17, 15) is 9.59 Å². The molecule has 2 fully saturated rings. The molecule has 6 heteroatoms. The van der Waals surface area contributed by atoms with Crippen molar-refractivity contribution < 1.29 is 9.59 Å². The standard InChI is InChI=1S/C24H29N3O2S/c1-25(19-11-13-26(14-12-19)20-7-4-3-5-8-20)24(29)18-15-23(28)27(17-18)21-9-6-10-22(16-21)30-2/h3-10,16,18-19H,11-15,17H2,1-2H3. The van der Waals surface area contributed by atoms with Crippen LogP contribution >= 0.6 is 11.8 Å². The average molecular weight is 424 g/mol. The monoisotopic (exact) mass is 423 g/mol. The van der Waals surface area contributed by atoms with Gasteiger partial charge in [0.05, 0.1) is 5.92 Å². The van der Waals surface area contributed by atoms with E-state index in [2.05, 4.69) is 29.2 Å². The van der Waals surface area contributed by atoms with Crippen molar-refractivity contribution in [2.75, 3.05) is 42.7 Å². The van der Waals surface area contributed by atoms with Crippen molar-refractivity contribution >= 4 is 35.0 Å². The Bertz CT molecular complexity index is 896. The van der Waals surface area contributed by atoms with Gasteiger partial charge in [0.25, 0.3) is 0 Å². The summed E-state index contributed by atoms with van der Waals surface area (Å²) in [5, 5.41) is 0. The third-order valence-electron chi connectivity index (χ3n) is 6.32. The maximum absolute atomic E-state index is 13.2. The summed E-state index contributed by atoms with van der Waals surface area (Å²) < 4.78 is 0. The lowest BCUT2D eigenvalue weighted by Crippen LogP contribution is -2.47. The van der Waals surface area contributed by atoms with E-state index in [1.807, 2.05) is 48.5 Å². The molecule has 2 heterocycles. The fourth-order valence-electron chi connectivity index (χ4n) is 4.52. The number of piperidine rings is 1. The van der Waals surface area contributed by atoms with Crippen LogP contribution in [0.3, 0.4) is 0 Å². The Morgan fingerprint density at radius 1 is 1.03 bits per heavy atom. The van der Waals surface area contributed by atoms with Crippen molar-refractivity contribution in [2.24, 2.45) is 5.92 Å². The van der Waals surface area contributed by atoms with Crippen molar-refractivity contribution in [2.45, 2.75) is 30.2 Å². The quantitative estimate of drug-likeness (QED) is 0.685. The average Bonchev–Trinajstić information content (AvgIpc) is 3.20. The largest absolute Gasteiger partial charge is 0.371 e. The number of hydrogen-bond donors (Lipinski definition) is 0. The van der Waals surface area contributed by atoms with E-state index in [0.717, 1.165) is 36.5 Å². The van der Waals surface area contributed by atoms with E-state index in [1.165, 1.54) is 5.69 Å². The Kier molecular flexibility index (Phi) is 6.32. The van der Waals surface area contributed by atoms with E-state index in [4.69, 9.17) is 0 Å². The number of anilines is 2. The van der Waals surface area contributed by atoms with Crippen LogP contribution in [0.15, 0.2) is 59.5 Å². The predicted molar refractivity (Wildman–Crippen MR) is 123 cm³/mol. The second kappa shape index (κ2) is 9.13. The molecule has 0 radical (unpaired) electrons. The van der Waals surface area contributed by atoms with Crippen LogP contribution in [-0.2, 0) is 9.59 Å². The van der Waals surface area contributed by atoms with Gasteiger partial charge in [0.1, 0.15) is 0 Å². The number of thioether (sulfide) groups is 1. The molecule has 0 saturated carbocycles. The van der Waals surface area contributed by atoms with Crippen LogP contribution in [0.2, 0.25) is 0 Å². The van der Waals surface area contributed by atoms with E-state index in [1.54, 1.807) is 16.7 Å². The summed E-state index contributed by atoms with van der Waals surface area (Å²) in [6.07, 6.45) is 4.24. The molecule has 0 spiro atoms. The predicted octanol–water partition coefficient (Wildman–Crippen LogP) is 3.89. The van der Waals surface area contributed by atoms with Crippen molar-refractivity contribution in [1.29, 1.82) is 0 Å². The summed E-state index contributed by atoms with van der Waals surface area (Å²) in [4.78, 5) is 33.0. The molecule has 1 unspecified atom stereocenters. The molecule has 2 aliphatic heterocycles. The van der Waals surface area contributed by atoms with Crippen LogP contribution in [0.5, 0.6) is 0 Å². The Morgan fingerprint density at radius 3 is 2.43 bits per heavy atom. The Hall–Kier alpha value is -2.47. The first kappa shape index (κ1) is 20.8. The third kappa shape index (κ3) is 4.33. The maximum atomic E-state index is 13.2. The number of nitrogens with zero attached hydrogens (tertiary/aromatic N) is 3. The van der Waals surface area contributed by atoms with Crippen molar-refractivity contribution in [3.05, 3.63) is 54.6 Å². The maximum Gasteiger partial charge on any atom is 0.228 e. The van der Waals surface area contributed by atoms with Crippen molar-refractivity contribution in [1.82, 2.24) is 4.90 Å². The third-order valence-corrected chi connectivity index (χ3v) is 7.05. The first-order chi connectivity index (χ1) is 14.6. The Morgan fingerprint density at radius 2 is 1.73 bits per heavy atom. The lowest BCUT2D eigenvalue weighted by molar-refractivity contribution is -0.136. The number of benzene rings is 2. The van der Waals surface area contributed by atoms with Gasteiger partial charge in [0.2, 0.25) is 11.8 Å². The van der Waals surface area contributed by atoms with Crippen molar-refractivity contribution in [3.63, 3.8) is 0 Å². The van der Waals surface area contributed by atoms with Crippen molar-refractivity contribution in [3.8, 4) is 0 Å². The fraction of sp³-hybridized carbons (Fsp3) is 0.417. The van der Waals surface area contributed by atoms with E-state index in [-0.39, 0.29) is 23.8 Å². The molecule has 2 aromatic rings. The number of carbonyl (C=O) groups is 2. The van der Waals surface area contributed by atoms with Gasteiger partial charge in [-0.15, -0.1) is 11.8 Å². The van der Waals surface area contributed by atoms with Crippen LogP contribution < -0.4 is 9.80 Å². The molecule has 2 aromatic carbocycles. The number of para-hydroxylation sites is 1. The van der Waals surface area contributed by atoms with Crippen LogP contribution in [0.4, 0.5) is 11.4 Å². The van der Waals surface area contributed by atoms with Gasteiger partial charge in [0, 0.05) is 55.4 Å². The first-order valence-electron chi connectivity index (χ1n) is 10.6. The topological polar surface area (TPSA) is 43.9 Å². The minimum absolute atomic E-state index is 0.0406. The van der Waals surface area contributed by atoms with Gasteiger partial charge >= 0.3 is 0 Å². The van der Waals surface area contributed by atoms with E-state index < -0.39 is 0 Å². The van der Waals surface area contributed by atoms with Gasteiger partial charge in [-0.1, -0.05) is 24.3 Å². The highest BCUT2D eigenvalue weighted by Gasteiger charge is 2.38. The smallest absolute Gasteiger partial charge is 0.228 e. The molecule has 1 atom stereocenters. The highest BCUT2D eigenvalue weighted by atomic mass is 32.2. The zero-order valence-corrected chi connectivity index (χ0v) is 18.5. The van der Waals surface area contributed by atoms with Crippen LogP contribution in [-0.4, -0.2) is 55.7 Å². The number of rotatable bonds is 5. The molecule has 0 aliphatic carbocycles. The molecule has 158 valence electrons. The number of hydrogen-bond acceptors (Lipinski definition) is 4. The highest BCUT2D eigenvalue weighted by Crippen LogP contribution is 2.30. The lowest BCUT2D eigenvalue weighted by atomic mass is 10.00. The molecule has 2 amide bonds. The van der Waals surface area contributed by atoms with E-state index >= 15 is 0 Å². The summed E-state index contributed by atoms with van der Waals surface area (Å²) >= 11 is 1.66. The van der Waals surface area contributed by atoms with Gasteiger partial charge in [-0.25, -0.2) is 0 Å². The van der Waals surface area contributed by atoms with Gasteiger partial charge < -0.3 is 14.7 Å². The van der Waals surface area contributed by atoms with Gasteiger partial charge in [-0.2, -0.15) is 0 Å². The minimum atomic E-state index is -0.257. The fourth-order valence-corrected chi connectivity index (χ4v) is 4.97. The zero-order valence-electron chi connectivity index (χ0n) is 17.7. The normalized spacial score (nSPS) is 19.9. The second-order valence-corrected chi connectivity index (χ2v) is 8.99. The van der Waals surface area contributed by atoms with Gasteiger partial charge in [-0.3, -0.25) is 9.59 Å². The molecule has 4 rings (SSSR count). The molecule has 2 aliphatic rings. The lowest BCUT2D eigenvalue weighted by Gasteiger charge is -2.38. The first-order valence-corrected chi connectivity index (χ1v) is 11.8. The Labute approximate surface area is 183 Å². The molecular weight excluding hydrogens is 394 g/mol. The molecule has 0 aromatic heterocycles.